The highest BCUT2D eigenvalue weighted by Gasteiger charge is 2.22. The van der Waals surface area contributed by atoms with Gasteiger partial charge in [0.05, 0.1) is 12.7 Å². The minimum Gasteiger partial charge on any atom is -0.465 e. The van der Waals surface area contributed by atoms with E-state index in [2.05, 4.69) is 6.92 Å². The van der Waals surface area contributed by atoms with Gasteiger partial charge in [-0.05, 0) is 73.4 Å². The maximum absolute atomic E-state index is 12.9. The molecule has 0 N–H and O–H groups in total. The van der Waals surface area contributed by atoms with Crippen molar-refractivity contribution < 1.29 is 14.3 Å². The second-order valence-corrected chi connectivity index (χ2v) is 7.31. The topological polar surface area (TPSA) is 46.6 Å². The summed E-state index contributed by atoms with van der Waals surface area (Å²) in [6.07, 6.45) is 6.20. The van der Waals surface area contributed by atoms with Crippen LogP contribution in [0.2, 0.25) is 0 Å². The molecule has 0 radical (unpaired) electrons. The van der Waals surface area contributed by atoms with E-state index in [0.29, 0.717) is 18.4 Å². The van der Waals surface area contributed by atoms with Crippen LogP contribution in [0.3, 0.4) is 0 Å². The number of aryl methyl sites for hydroxylation is 1. The number of ether oxygens (including phenoxy) is 1. The Balaban J connectivity index is 1.78. The van der Waals surface area contributed by atoms with Crippen molar-refractivity contribution in [3.05, 3.63) is 64.7 Å². The summed E-state index contributed by atoms with van der Waals surface area (Å²) in [5.74, 6) is -0.117. The molecular formula is C24H29NO3. The fraction of sp³-hybridized carbons (Fsp3) is 0.417. The molecule has 0 aromatic heterocycles. The van der Waals surface area contributed by atoms with Gasteiger partial charge < -0.3 is 9.64 Å². The second kappa shape index (κ2) is 9.54. The number of para-hydroxylation sites is 1. The van der Waals surface area contributed by atoms with Gasteiger partial charge >= 0.3 is 5.97 Å². The number of esters is 1. The van der Waals surface area contributed by atoms with E-state index in [1.54, 1.807) is 0 Å². The zero-order valence-corrected chi connectivity index (χ0v) is 16.9. The Morgan fingerprint density at radius 2 is 1.71 bits per heavy atom. The molecule has 148 valence electrons. The molecule has 0 atom stereocenters. The number of hydrogen-bond donors (Lipinski definition) is 0. The van der Waals surface area contributed by atoms with Crippen LogP contribution in [0.15, 0.2) is 42.5 Å². The van der Waals surface area contributed by atoms with E-state index in [4.69, 9.17) is 4.74 Å². The first-order valence-electron chi connectivity index (χ1n) is 10.2. The summed E-state index contributed by atoms with van der Waals surface area (Å²) in [6.45, 7) is 2.81. The number of benzene rings is 2. The summed E-state index contributed by atoms with van der Waals surface area (Å²) in [5, 5.41) is 0. The average molecular weight is 380 g/mol. The number of rotatable bonds is 7. The van der Waals surface area contributed by atoms with E-state index < -0.39 is 0 Å². The lowest BCUT2D eigenvalue weighted by molar-refractivity contribution is -0.118. The van der Waals surface area contributed by atoms with Crippen LogP contribution in [0.25, 0.3) is 0 Å². The van der Waals surface area contributed by atoms with Crippen LogP contribution in [0, 0.1) is 0 Å². The molecule has 3 rings (SSSR count). The van der Waals surface area contributed by atoms with Crippen LogP contribution in [-0.4, -0.2) is 25.5 Å². The number of anilines is 1. The third-order valence-corrected chi connectivity index (χ3v) is 5.46. The SMILES string of the molecule is CCCN(C(=O)CCc1ccc(C(=O)OC)c2c1CCCC2)c1ccccc1. The van der Waals surface area contributed by atoms with Gasteiger partial charge in [0.15, 0.2) is 0 Å². The lowest BCUT2D eigenvalue weighted by Crippen LogP contribution is -2.31. The van der Waals surface area contributed by atoms with E-state index in [0.717, 1.165) is 49.9 Å². The molecule has 0 saturated carbocycles. The Bertz CT molecular complexity index is 829. The van der Waals surface area contributed by atoms with Crippen LogP contribution in [0.1, 0.15) is 59.7 Å². The van der Waals surface area contributed by atoms with Crippen molar-refractivity contribution in [1.82, 2.24) is 0 Å². The molecule has 28 heavy (non-hydrogen) atoms. The zero-order valence-electron chi connectivity index (χ0n) is 16.9. The minimum atomic E-state index is -0.265. The van der Waals surface area contributed by atoms with Crippen molar-refractivity contribution in [3.63, 3.8) is 0 Å². The Kier molecular flexibility index (Phi) is 6.85. The number of fused-ring (bicyclic) bond motifs is 1. The normalized spacial score (nSPS) is 12.9. The number of methoxy groups -OCH3 is 1. The van der Waals surface area contributed by atoms with E-state index in [9.17, 15) is 9.59 Å². The van der Waals surface area contributed by atoms with Gasteiger partial charge in [-0.1, -0.05) is 31.2 Å². The second-order valence-electron chi connectivity index (χ2n) is 7.31. The van der Waals surface area contributed by atoms with Crippen LogP contribution < -0.4 is 4.90 Å². The third kappa shape index (κ3) is 4.44. The molecular weight excluding hydrogens is 350 g/mol. The Labute approximate surface area is 167 Å². The average Bonchev–Trinajstić information content (AvgIpc) is 2.75. The van der Waals surface area contributed by atoms with Crippen molar-refractivity contribution in [1.29, 1.82) is 0 Å². The number of carbonyl (C=O) groups excluding carboxylic acids is 2. The van der Waals surface area contributed by atoms with Gasteiger partial charge in [0, 0.05) is 18.7 Å². The fourth-order valence-corrected chi connectivity index (χ4v) is 4.08. The minimum absolute atomic E-state index is 0.148. The molecule has 0 heterocycles. The van der Waals surface area contributed by atoms with Gasteiger partial charge in [-0.2, -0.15) is 0 Å². The van der Waals surface area contributed by atoms with Crippen LogP contribution >= 0.6 is 0 Å². The molecule has 1 amide bonds. The van der Waals surface area contributed by atoms with E-state index in [-0.39, 0.29) is 11.9 Å². The highest BCUT2D eigenvalue weighted by atomic mass is 16.5. The Morgan fingerprint density at radius 3 is 2.39 bits per heavy atom. The van der Waals surface area contributed by atoms with E-state index in [1.807, 2.05) is 47.4 Å². The van der Waals surface area contributed by atoms with E-state index in [1.165, 1.54) is 18.2 Å². The summed E-state index contributed by atoms with van der Waals surface area (Å²) in [6, 6.07) is 13.8. The largest absolute Gasteiger partial charge is 0.465 e. The van der Waals surface area contributed by atoms with Crippen molar-refractivity contribution in [2.75, 3.05) is 18.6 Å². The Morgan fingerprint density at radius 1 is 1.00 bits per heavy atom. The zero-order chi connectivity index (χ0) is 19.9. The van der Waals surface area contributed by atoms with Gasteiger partial charge in [0.25, 0.3) is 0 Å². The summed E-state index contributed by atoms with van der Waals surface area (Å²) in [4.78, 5) is 26.9. The predicted molar refractivity (Wildman–Crippen MR) is 112 cm³/mol. The molecule has 0 unspecified atom stereocenters. The predicted octanol–water partition coefficient (Wildman–Crippen LogP) is 4.73. The first-order chi connectivity index (χ1) is 13.7. The van der Waals surface area contributed by atoms with E-state index >= 15 is 0 Å². The molecule has 0 aliphatic heterocycles. The monoisotopic (exact) mass is 379 g/mol. The summed E-state index contributed by atoms with van der Waals surface area (Å²) >= 11 is 0. The molecule has 0 fully saturated rings. The number of hydrogen-bond acceptors (Lipinski definition) is 3. The number of amides is 1. The first kappa shape index (κ1) is 20.1. The van der Waals surface area contributed by atoms with Crippen molar-refractivity contribution in [2.24, 2.45) is 0 Å². The van der Waals surface area contributed by atoms with Gasteiger partial charge in [-0.25, -0.2) is 4.79 Å². The molecule has 4 heteroatoms. The molecule has 1 aliphatic carbocycles. The molecule has 2 aromatic rings. The summed E-state index contributed by atoms with van der Waals surface area (Å²) in [5.41, 5.74) is 5.21. The number of nitrogens with zero attached hydrogens (tertiary/aromatic N) is 1. The maximum Gasteiger partial charge on any atom is 0.338 e. The third-order valence-electron chi connectivity index (χ3n) is 5.46. The smallest absolute Gasteiger partial charge is 0.338 e. The quantitative estimate of drug-likeness (QED) is 0.654. The van der Waals surface area contributed by atoms with Crippen LogP contribution in [-0.2, 0) is 28.8 Å². The van der Waals surface area contributed by atoms with Crippen molar-refractivity contribution in [3.8, 4) is 0 Å². The molecule has 0 bridgehead atoms. The van der Waals surface area contributed by atoms with Crippen LogP contribution in [0.5, 0.6) is 0 Å². The van der Waals surface area contributed by atoms with Gasteiger partial charge in [-0.15, -0.1) is 0 Å². The maximum atomic E-state index is 12.9. The molecule has 0 spiro atoms. The molecule has 1 aliphatic rings. The van der Waals surface area contributed by atoms with Crippen LogP contribution in [0.4, 0.5) is 5.69 Å². The fourth-order valence-electron chi connectivity index (χ4n) is 4.08. The summed E-state index contributed by atoms with van der Waals surface area (Å²) < 4.78 is 4.95. The Hall–Kier alpha value is -2.62. The molecule has 4 nitrogen and oxygen atoms in total. The number of carbonyl (C=O) groups is 2. The van der Waals surface area contributed by atoms with Gasteiger partial charge in [0.2, 0.25) is 5.91 Å². The molecule has 2 aromatic carbocycles. The molecule has 0 saturated heterocycles. The van der Waals surface area contributed by atoms with Crippen molar-refractivity contribution >= 4 is 17.6 Å². The van der Waals surface area contributed by atoms with Gasteiger partial charge in [-0.3, -0.25) is 4.79 Å². The lowest BCUT2D eigenvalue weighted by Gasteiger charge is -2.24. The highest BCUT2D eigenvalue weighted by molar-refractivity contribution is 5.94. The van der Waals surface area contributed by atoms with Gasteiger partial charge in [0.1, 0.15) is 0 Å². The first-order valence-corrected chi connectivity index (χ1v) is 10.2. The standard InChI is InChI=1S/C24H29NO3/c1-3-17-25(19-9-5-4-6-10-19)23(26)16-14-18-13-15-22(24(27)28-2)21-12-8-7-11-20(18)21/h4-6,9-10,13,15H,3,7-8,11-12,14,16-17H2,1-2H3. The lowest BCUT2D eigenvalue weighted by atomic mass is 9.84. The highest BCUT2D eigenvalue weighted by Crippen LogP contribution is 2.29. The van der Waals surface area contributed by atoms with Crippen molar-refractivity contribution in [2.45, 2.75) is 51.9 Å². The summed E-state index contributed by atoms with van der Waals surface area (Å²) in [7, 11) is 1.43.